The molecule has 1 rings (SSSR count). The second-order valence-electron chi connectivity index (χ2n) is 4.87. The fourth-order valence-electron chi connectivity index (χ4n) is 1.72. The summed E-state index contributed by atoms with van der Waals surface area (Å²) in [5, 5.41) is 0. The second kappa shape index (κ2) is 4.78. The summed E-state index contributed by atoms with van der Waals surface area (Å²) in [6, 6.07) is 0.167. The number of piperidine rings is 1. The van der Waals surface area contributed by atoms with Crippen molar-refractivity contribution < 1.29 is 4.79 Å². The standard InChI is InChI=1S/C11H22N2O/c1-8(2)4-5-13-7-10(12)9(3)6-11(13)14/h8-10H,4-7,12H2,1-3H3. The molecule has 1 aliphatic heterocycles. The lowest BCUT2D eigenvalue weighted by Crippen LogP contribution is -2.50. The van der Waals surface area contributed by atoms with E-state index >= 15 is 0 Å². The zero-order valence-corrected chi connectivity index (χ0v) is 9.49. The normalized spacial score (nSPS) is 28.6. The lowest BCUT2D eigenvalue weighted by molar-refractivity contribution is -0.135. The summed E-state index contributed by atoms with van der Waals surface area (Å²) in [6.07, 6.45) is 1.70. The SMILES string of the molecule is CC(C)CCN1CC(N)C(C)CC1=O. The third-order valence-electron chi connectivity index (χ3n) is 2.99. The molecular weight excluding hydrogens is 176 g/mol. The monoisotopic (exact) mass is 198 g/mol. The Morgan fingerprint density at radius 2 is 2.21 bits per heavy atom. The van der Waals surface area contributed by atoms with Gasteiger partial charge in [0.2, 0.25) is 5.91 Å². The average Bonchev–Trinajstić information content (AvgIpc) is 2.09. The van der Waals surface area contributed by atoms with Crippen molar-refractivity contribution in [1.29, 1.82) is 0 Å². The number of likely N-dealkylation sites (tertiary alicyclic amines) is 1. The van der Waals surface area contributed by atoms with Crippen LogP contribution in [-0.2, 0) is 4.79 Å². The third kappa shape index (κ3) is 2.98. The van der Waals surface area contributed by atoms with Gasteiger partial charge in [-0.1, -0.05) is 20.8 Å². The van der Waals surface area contributed by atoms with Crippen LogP contribution in [0.25, 0.3) is 0 Å². The van der Waals surface area contributed by atoms with E-state index in [-0.39, 0.29) is 11.9 Å². The van der Waals surface area contributed by atoms with Crippen molar-refractivity contribution >= 4 is 5.91 Å². The van der Waals surface area contributed by atoms with E-state index < -0.39 is 0 Å². The van der Waals surface area contributed by atoms with Crippen molar-refractivity contribution in [2.24, 2.45) is 17.6 Å². The Hall–Kier alpha value is -0.570. The molecule has 2 unspecified atom stereocenters. The highest BCUT2D eigenvalue weighted by Crippen LogP contribution is 2.17. The Labute approximate surface area is 86.6 Å². The first-order chi connectivity index (χ1) is 6.50. The molecule has 0 saturated carbocycles. The van der Waals surface area contributed by atoms with E-state index in [0.717, 1.165) is 19.5 Å². The molecule has 2 atom stereocenters. The first-order valence-corrected chi connectivity index (χ1v) is 5.54. The van der Waals surface area contributed by atoms with Gasteiger partial charge < -0.3 is 10.6 Å². The molecule has 1 heterocycles. The Balaban J connectivity index is 2.41. The lowest BCUT2D eigenvalue weighted by atomic mass is 9.93. The van der Waals surface area contributed by atoms with E-state index in [9.17, 15) is 4.79 Å². The highest BCUT2D eigenvalue weighted by atomic mass is 16.2. The Morgan fingerprint density at radius 3 is 2.79 bits per heavy atom. The highest BCUT2D eigenvalue weighted by molar-refractivity contribution is 5.77. The fourth-order valence-corrected chi connectivity index (χ4v) is 1.72. The molecule has 82 valence electrons. The summed E-state index contributed by atoms with van der Waals surface area (Å²) in [7, 11) is 0. The predicted octanol–water partition coefficient (Wildman–Crippen LogP) is 1.23. The maximum Gasteiger partial charge on any atom is 0.222 e. The van der Waals surface area contributed by atoms with Crippen LogP contribution in [0.2, 0.25) is 0 Å². The molecule has 0 aliphatic carbocycles. The number of amides is 1. The third-order valence-corrected chi connectivity index (χ3v) is 2.99. The van der Waals surface area contributed by atoms with Crippen molar-refractivity contribution in [3.8, 4) is 0 Å². The van der Waals surface area contributed by atoms with Gasteiger partial charge in [-0.3, -0.25) is 4.79 Å². The van der Waals surface area contributed by atoms with Crippen molar-refractivity contribution in [2.45, 2.75) is 39.7 Å². The lowest BCUT2D eigenvalue weighted by Gasteiger charge is -2.35. The molecule has 1 saturated heterocycles. The van der Waals surface area contributed by atoms with E-state index in [1.807, 2.05) is 4.90 Å². The number of carbonyl (C=O) groups is 1. The Morgan fingerprint density at radius 1 is 1.57 bits per heavy atom. The first-order valence-electron chi connectivity index (χ1n) is 5.54. The zero-order valence-electron chi connectivity index (χ0n) is 9.49. The van der Waals surface area contributed by atoms with Crippen LogP contribution in [0.4, 0.5) is 0 Å². The molecule has 2 N–H and O–H groups in total. The molecule has 3 heteroatoms. The van der Waals surface area contributed by atoms with Crippen LogP contribution < -0.4 is 5.73 Å². The molecule has 0 radical (unpaired) electrons. The average molecular weight is 198 g/mol. The Bertz CT molecular complexity index is 203. The molecule has 0 aromatic rings. The molecule has 14 heavy (non-hydrogen) atoms. The van der Waals surface area contributed by atoms with Crippen LogP contribution in [0.15, 0.2) is 0 Å². The van der Waals surface area contributed by atoms with E-state index in [1.165, 1.54) is 0 Å². The molecule has 0 bridgehead atoms. The van der Waals surface area contributed by atoms with Crippen LogP contribution in [0.1, 0.15) is 33.6 Å². The van der Waals surface area contributed by atoms with Gasteiger partial charge in [0.15, 0.2) is 0 Å². The van der Waals surface area contributed by atoms with E-state index in [1.54, 1.807) is 0 Å². The second-order valence-corrected chi connectivity index (χ2v) is 4.87. The Kier molecular flexibility index (Phi) is 3.93. The molecule has 3 nitrogen and oxygen atoms in total. The largest absolute Gasteiger partial charge is 0.341 e. The summed E-state index contributed by atoms with van der Waals surface area (Å²) < 4.78 is 0. The number of hydrogen-bond acceptors (Lipinski definition) is 2. The minimum Gasteiger partial charge on any atom is -0.341 e. The van der Waals surface area contributed by atoms with Crippen LogP contribution in [0.5, 0.6) is 0 Å². The minimum atomic E-state index is 0.167. The van der Waals surface area contributed by atoms with Gasteiger partial charge in [-0.15, -0.1) is 0 Å². The molecular formula is C11H22N2O. The zero-order chi connectivity index (χ0) is 10.7. The summed E-state index contributed by atoms with van der Waals surface area (Å²) >= 11 is 0. The fraction of sp³-hybridized carbons (Fsp3) is 0.909. The van der Waals surface area contributed by atoms with Crippen molar-refractivity contribution in [3.05, 3.63) is 0 Å². The minimum absolute atomic E-state index is 0.167. The van der Waals surface area contributed by atoms with Gasteiger partial charge in [0.25, 0.3) is 0 Å². The topological polar surface area (TPSA) is 46.3 Å². The molecule has 0 aromatic carbocycles. The molecule has 1 fully saturated rings. The summed E-state index contributed by atoms with van der Waals surface area (Å²) in [5.41, 5.74) is 5.94. The van der Waals surface area contributed by atoms with Crippen LogP contribution >= 0.6 is 0 Å². The number of hydrogen-bond donors (Lipinski definition) is 1. The van der Waals surface area contributed by atoms with Crippen molar-refractivity contribution in [1.82, 2.24) is 4.90 Å². The van der Waals surface area contributed by atoms with Crippen LogP contribution in [0, 0.1) is 11.8 Å². The van der Waals surface area contributed by atoms with Gasteiger partial charge in [0.05, 0.1) is 0 Å². The number of rotatable bonds is 3. The summed E-state index contributed by atoms with van der Waals surface area (Å²) in [5.74, 6) is 1.27. The van der Waals surface area contributed by atoms with Gasteiger partial charge in [-0.25, -0.2) is 0 Å². The quantitative estimate of drug-likeness (QED) is 0.741. The van der Waals surface area contributed by atoms with E-state index in [2.05, 4.69) is 20.8 Å². The smallest absolute Gasteiger partial charge is 0.222 e. The van der Waals surface area contributed by atoms with Gasteiger partial charge in [0, 0.05) is 25.6 Å². The van der Waals surface area contributed by atoms with Crippen LogP contribution in [0.3, 0.4) is 0 Å². The molecule has 0 spiro atoms. The summed E-state index contributed by atoms with van der Waals surface area (Å²) in [6.45, 7) is 8.03. The molecule has 0 aromatic heterocycles. The van der Waals surface area contributed by atoms with Gasteiger partial charge in [-0.05, 0) is 18.3 Å². The van der Waals surface area contributed by atoms with Crippen molar-refractivity contribution in [2.75, 3.05) is 13.1 Å². The van der Waals surface area contributed by atoms with Crippen molar-refractivity contribution in [3.63, 3.8) is 0 Å². The summed E-state index contributed by atoms with van der Waals surface area (Å²) in [4.78, 5) is 13.6. The van der Waals surface area contributed by atoms with Gasteiger partial charge in [-0.2, -0.15) is 0 Å². The maximum atomic E-state index is 11.6. The number of nitrogens with two attached hydrogens (primary N) is 1. The van der Waals surface area contributed by atoms with Gasteiger partial charge >= 0.3 is 0 Å². The molecule has 1 amide bonds. The predicted molar refractivity (Wildman–Crippen MR) is 57.8 cm³/mol. The van der Waals surface area contributed by atoms with E-state index in [4.69, 9.17) is 5.73 Å². The first kappa shape index (κ1) is 11.5. The van der Waals surface area contributed by atoms with E-state index in [0.29, 0.717) is 18.3 Å². The van der Waals surface area contributed by atoms with Gasteiger partial charge in [0.1, 0.15) is 0 Å². The van der Waals surface area contributed by atoms with Crippen LogP contribution in [-0.4, -0.2) is 29.9 Å². The maximum absolute atomic E-state index is 11.6. The number of nitrogens with zero attached hydrogens (tertiary/aromatic N) is 1. The molecule has 1 aliphatic rings. The number of carbonyl (C=O) groups excluding carboxylic acids is 1. The highest BCUT2D eigenvalue weighted by Gasteiger charge is 2.28.